The van der Waals surface area contributed by atoms with Crippen LogP contribution in [0.15, 0.2) is 147 Å². The number of hydrogen-bond donors (Lipinski definition) is 3. The van der Waals surface area contributed by atoms with Gasteiger partial charge in [0.1, 0.15) is 51.7 Å². The number of fused-ring (bicyclic) bond motifs is 3. The summed E-state index contributed by atoms with van der Waals surface area (Å²) in [5.74, 6) is -1.33. The van der Waals surface area contributed by atoms with Crippen LogP contribution in [0.4, 0.5) is 0 Å². The standard InChI is InChI=1S/C33H28O10.C11H12O3.C10H8O4.C9H8O3.2C4H10O/c1-3-29(35)40-20-6-5-19-39-23-11-7-21(8-12-23)33(38)43-28-18-17-27(25-15-16-26(34)31(25)28)42-32(37)22-9-13-24(14-10-22)41-30(36)4-2;1-13-9-5-6-10(14-2)11-7(9)3-4-8(11)12;1-2-9(11)14-8-5-3-7(4-6-8)10(12)13;10-6-3-4-8(12)9-5(6)1-2-7(9)11;2*1-3-5-4-2/h3-4,7-14,17-18H,1-2,5-6,15-16,19-20H2;5-6H,3-4H2,1-2H3;2-6H,1H2,(H,12,13);3-4,10,12H,1-2H2;2*3-4H2,1-2H3. The van der Waals surface area contributed by atoms with Crippen molar-refractivity contribution in [1.82, 2.24) is 0 Å². The minimum absolute atomic E-state index is 0.0229. The molecule has 9 rings (SSSR count). The molecule has 0 unspecified atom stereocenters. The number of methoxy groups -OCH3 is 2. The number of carboxylic acid groups (broad SMARTS) is 1. The summed E-state index contributed by atoms with van der Waals surface area (Å²) in [6, 6.07) is 26.9. The molecule has 22 nitrogen and oxygen atoms in total. The Morgan fingerprint density at radius 3 is 1.26 bits per heavy atom. The van der Waals surface area contributed by atoms with Crippen LogP contribution >= 0.6 is 0 Å². The largest absolute Gasteiger partial charge is 0.508 e. The van der Waals surface area contributed by atoms with Crippen molar-refractivity contribution in [2.75, 3.05) is 53.9 Å². The fourth-order valence-electron chi connectivity index (χ4n) is 8.82. The SMILES string of the molecule is C=CC(=O)OCCCCOc1ccc(C(=O)Oc2ccc(OC(=O)c3ccc(OC(=O)C=C)cc3)c3c2C(=O)CC3)cc1.C=CC(=O)Oc1ccc(C(=O)O)cc1.CCOCC.CCOCC.COc1ccc(OC)c2c1CCC2=O.O=C1CCc2c(O)ccc(O)c21. The lowest BCUT2D eigenvalue weighted by atomic mass is 10.1. The molecule has 0 aliphatic heterocycles. The van der Waals surface area contributed by atoms with Crippen molar-refractivity contribution in [2.45, 2.75) is 79.1 Å². The number of phenolic OH excluding ortho intramolecular Hbond substituents is 2. The topological polar surface area (TPSA) is 307 Å². The molecule has 0 radical (unpaired) electrons. The van der Waals surface area contributed by atoms with Crippen LogP contribution in [0, 0.1) is 0 Å². The zero-order chi connectivity index (χ0) is 68.4. The first kappa shape index (κ1) is 74.8. The van der Waals surface area contributed by atoms with E-state index < -0.39 is 35.8 Å². The molecular formula is C71H76O22. The van der Waals surface area contributed by atoms with Crippen molar-refractivity contribution in [1.29, 1.82) is 0 Å². The average Bonchev–Trinajstić information content (AvgIpc) is 1.78. The van der Waals surface area contributed by atoms with E-state index in [2.05, 4.69) is 19.7 Å². The maximum atomic E-state index is 12.9. The second-order valence-corrected chi connectivity index (χ2v) is 19.4. The number of carbonyl (C=O) groups is 9. The van der Waals surface area contributed by atoms with Crippen molar-refractivity contribution in [3.63, 3.8) is 0 Å². The molecule has 22 heteroatoms. The Hall–Kier alpha value is -10.7. The molecule has 0 saturated carbocycles. The molecule has 0 saturated heterocycles. The van der Waals surface area contributed by atoms with E-state index in [-0.39, 0.29) is 81.4 Å². The zero-order valence-electron chi connectivity index (χ0n) is 52.7. The Balaban J connectivity index is 0.000000295. The van der Waals surface area contributed by atoms with Crippen LogP contribution in [0.3, 0.4) is 0 Å². The van der Waals surface area contributed by atoms with Gasteiger partial charge < -0.3 is 62.7 Å². The fourth-order valence-corrected chi connectivity index (χ4v) is 8.82. The van der Waals surface area contributed by atoms with E-state index >= 15 is 0 Å². The first-order valence-electron chi connectivity index (χ1n) is 29.5. The number of aromatic hydroxyl groups is 2. The Labute approximate surface area is 538 Å². The molecule has 3 aliphatic rings. The van der Waals surface area contributed by atoms with Crippen LogP contribution in [0.1, 0.15) is 139 Å². The highest BCUT2D eigenvalue weighted by Crippen LogP contribution is 2.39. The van der Waals surface area contributed by atoms with E-state index in [0.717, 1.165) is 62.4 Å². The van der Waals surface area contributed by atoms with Crippen molar-refractivity contribution in [3.8, 4) is 51.7 Å². The van der Waals surface area contributed by atoms with Gasteiger partial charge in [0.15, 0.2) is 17.3 Å². The fraction of sp³-hybridized carbons (Fsp3) is 0.282. The molecule has 3 N–H and O–H groups in total. The zero-order valence-corrected chi connectivity index (χ0v) is 52.7. The van der Waals surface area contributed by atoms with Gasteiger partial charge in [-0.2, -0.15) is 0 Å². The Bertz CT molecular complexity index is 3570. The van der Waals surface area contributed by atoms with Gasteiger partial charge in [-0.05, 0) is 169 Å². The summed E-state index contributed by atoms with van der Waals surface area (Å²) in [4.78, 5) is 105. The number of benzene rings is 6. The summed E-state index contributed by atoms with van der Waals surface area (Å²) in [6.45, 7) is 21.9. The number of esters is 5. The van der Waals surface area contributed by atoms with Gasteiger partial charge in [-0.15, -0.1) is 0 Å². The molecule has 0 amide bonds. The maximum Gasteiger partial charge on any atom is 0.343 e. The predicted octanol–water partition coefficient (Wildman–Crippen LogP) is 11.9. The second kappa shape index (κ2) is 39.4. The van der Waals surface area contributed by atoms with E-state index in [0.29, 0.717) is 84.6 Å². The first-order chi connectivity index (χ1) is 44.7. The summed E-state index contributed by atoms with van der Waals surface area (Å²) < 4.78 is 51.4. The Morgan fingerprint density at radius 1 is 0.419 bits per heavy atom. The van der Waals surface area contributed by atoms with Gasteiger partial charge in [-0.25, -0.2) is 28.8 Å². The summed E-state index contributed by atoms with van der Waals surface area (Å²) in [6.07, 6.45) is 7.21. The quantitative estimate of drug-likeness (QED) is 0.0187. The van der Waals surface area contributed by atoms with Gasteiger partial charge >= 0.3 is 35.8 Å². The van der Waals surface area contributed by atoms with Gasteiger partial charge in [-0.3, -0.25) is 14.4 Å². The molecule has 0 atom stereocenters. The summed E-state index contributed by atoms with van der Waals surface area (Å²) >= 11 is 0. The Kier molecular flexibility index (Phi) is 31.7. The normalized spacial score (nSPS) is 11.7. The first-order valence-corrected chi connectivity index (χ1v) is 29.5. The number of unbranched alkanes of at least 4 members (excludes halogenated alkanes) is 1. The molecule has 93 heavy (non-hydrogen) atoms. The number of aromatic carboxylic acids is 1. The highest BCUT2D eigenvalue weighted by molar-refractivity contribution is 6.06. The molecule has 6 aromatic rings. The number of phenols is 2. The maximum absolute atomic E-state index is 12.9. The van der Waals surface area contributed by atoms with Crippen molar-refractivity contribution < 1.29 is 106 Å². The van der Waals surface area contributed by atoms with E-state index in [1.54, 1.807) is 44.6 Å². The predicted molar refractivity (Wildman–Crippen MR) is 342 cm³/mol. The number of carboxylic acids is 1. The van der Waals surface area contributed by atoms with E-state index in [4.69, 9.17) is 52.5 Å². The lowest BCUT2D eigenvalue weighted by Gasteiger charge is -2.13. The van der Waals surface area contributed by atoms with Gasteiger partial charge in [0.05, 0.1) is 60.8 Å². The summed E-state index contributed by atoms with van der Waals surface area (Å²) in [5.41, 5.74) is 3.84. The number of hydrogen-bond acceptors (Lipinski definition) is 21. The number of ether oxygens (including phenoxy) is 10. The number of ketones is 3. The van der Waals surface area contributed by atoms with Crippen LogP contribution in [0.5, 0.6) is 51.7 Å². The van der Waals surface area contributed by atoms with Crippen molar-refractivity contribution >= 4 is 53.2 Å². The summed E-state index contributed by atoms with van der Waals surface area (Å²) in [7, 11) is 3.19. The molecule has 0 spiro atoms. The minimum Gasteiger partial charge on any atom is -0.508 e. The van der Waals surface area contributed by atoms with Crippen LogP contribution in [0.2, 0.25) is 0 Å². The molecule has 6 aromatic carbocycles. The molecule has 0 aromatic heterocycles. The molecule has 492 valence electrons. The molecule has 3 aliphatic carbocycles. The van der Waals surface area contributed by atoms with Crippen molar-refractivity contribution in [2.24, 2.45) is 0 Å². The molecular weight excluding hydrogens is 1200 g/mol. The molecule has 0 bridgehead atoms. The summed E-state index contributed by atoms with van der Waals surface area (Å²) in [5, 5.41) is 27.2. The molecule has 0 heterocycles. The monoisotopic (exact) mass is 1280 g/mol. The third-order valence-electron chi connectivity index (χ3n) is 13.3. The van der Waals surface area contributed by atoms with E-state index in [9.17, 15) is 53.4 Å². The number of Topliss-reactive ketones (excluding diaryl/α,β-unsaturated/α-hetero) is 3. The van der Waals surface area contributed by atoms with Crippen LogP contribution in [-0.2, 0) is 47.9 Å². The van der Waals surface area contributed by atoms with Gasteiger partial charge in [0.25, 0.3) is 0 Å². The highest BCUT2D eigenvalue weighted by atomic mass is 16.6. The lowest BCUT2D eigenvalue weighted by Crippen LogP contribution is -2.13. The van der Waals surface area contributed by atoms with E-state index in [1.165, 1.54) is 72.8 Å². The minimum atomic E-state index is -1.02. The second-order valence-electron chi connectivity index (χ2n) is 19.4. The van der Waals surface area contributed by atoms with Gasteiger partial charge in [0.2, 0.25) is 0 Å². The smallest absolute Gasteiger partial charge is 0.343 e. The van der Waals surface area contributed by atoms with E-state index in [1.807, 2.05) is 33.8 Å². The number of rotatable bonds is 22. The van der Waals surface area contributed by atoms with Crippen LogP contribution in [-0.4, -0.2) is 122 Å². The Morgan fingerprint density at radius 2 is 0.806 bits per heavy atom. The van der Waals surface area contributed by atoms with Crippen LogP contribution in [0.25, 0.3) is 0 Å². The lowest BCUT2D eigenvalue weighted by molar-refractivity contribution is -0.138. The van der Waals surface area contributed by atoms with Crippen molar-refractivity contribution in [3.05, 3.63) is 197 Å². The average molecular weight is 1280 g/mol. The third kappa shape index (κ3) is 23.2. The van der Waals surface area contributed by atoms with Gasteiger partial charge in [-0.1, -0.05) is 19.7 Å². The highest BCUT2D eigenvalue weighted by Gasteiger charge is 2.31. The molecule has 0 fully saturated rings. The van der Waals surface area contributed by atoms with Gasteiger partial charge in [0, 0.05) is 80.6 Å². The third-order valence-corrected chi connectivity index (χ3v) is 13.3. The van der Waals surface area contributed by atoms with Crippen LogP contribution < -0.4 is 33.2 Å². The number of carbonyl (C=O) groups excluding carboxylic acids is 8.